The van der Waals surface area contributed by atoms with Gasteiger partial charge in [-0.1, -0.05) is 19.1 Å². The molecule has 0 fully saturated rings. The molecular formula is C18H15NO. The summed E-state index contributed by atoms with van der Waals surface area (Å²) in [4.78, 5) is 16.0. The molecule has 2 nitrogen and oxygen atoms in total. The number of nitrogens with zero attached hydrogens (tertiary/aromatic N) is 1. The van der Waals surface area contributed by atoms with Crippen LogP contribution in [0.25, 0.3) is 23.3 Å². The summed E-state index contributed by atoms with van der Waals surface area (Å²) in [6, 6.07) is 6.53. The van der Waals surface area contributed by atoms with Crippen LogP contribution in [-0.4, -0.2) is 10.8 Å². The standard InChI is InChI=1S/C18H15NO/c1-11-6-14-8-17-12(7-15(14)9-18(11)20)2-3-13-10-19-5-4-16(13)17/h4-11H,2-3H2,1H3. The second-order valence-corrected chi connectivity index (χ2v) is 5.67. The fourth-order valence-corrected chi connectivity index (χ4v) is 3.20. The molecular weight excluding hydrogens is 246 g/mol. The lowest BCUT2D eigenvalue weighted by Crippen LogP contribution is -2.33. The minimum Gasteiger partial charge on any atom is -0.294 e. The average Bonchev–Trinajstić information content (AvgIpc) is 2.47. The highest BCUT2D eigenvalue weighted by atomic mass is 16.1. The average molecular weight is 261 g/mol. The van der Waals surface area contributed by atoms with Crippen LogP contribution in [0.15, 0.2) is 30.6 Å². The largest absolute Gasteiger partial charge is 0.294 e. The number of carbonyl (C=O) groups is 1. The molecule has 2 aliphatic rings. The van der Waals surface area contributed by atoms with Gasteiger partial charge in [-0.15, -0.1) is 0 Å². The van der Waals surface area contributed by atoms with Crippen LogP contribution in [-0.2, 0) is 17.6 Å². The van der Waals surface area contributed by atoms with Gasteiger partial charge in [0.15, 0.2) is 5.78 Å². The van der Waals surface area contributed by atoms with E-state index < -0.39 is 0 Å². The third kappa shape index (κ3) is 1.64. The Morgan fingerprint density at radius 1 is 1.10 bits per heavy atom. The van der Waals surface area contributed by atoms with Gasteiger partial charge in [0.2, 0.25) is 0 Å². The van der Waals surface area contributed by atoms with E-state index in [1.807, 2.05) is 19.3 Å². The normalized spacial score (nSPS) is 19.2. The first-order valence-corrected chi connectivity index (χ1v) is 7.06. The minimum absolute atomic E-state index is 0.0129. The highest BCUT2D eigenvalue weighted by Gasteiger charge is 2.18. The summed E-state index contributed by atoms with van der Waals surface area (Å²) in [7, 11) is 0. The molecule has 1 atom stereocenters. The maximum atomic E-state index is 11.8. The fraction of sp³-hybridized carbons (Fsp3) is 0.222. The number of rotatable bonds is 0. The van der Waals surface area contributed by atoms with E-state index in [1.54, 1.807) is 6.08 Å². The molecule has 0 amide bonds. The van der Waals surface area contributed by atoms with Crippen molar-refractivity contribution in [1.82, 2.24) is 4.98 Å². The summed E-state index contributed by atoms with van der Waals surface area (Å²) in [6.07, 6.45) is 9.76. The van der Waals surface area contributed by atoms with Crippen molar-refractivity contribution >= 4 is 17.9 Å². The monoisotopic (exact) mass is 261 g/mol. The van der Waals surface area contributed by atoms with Gasteiger partial charge in [0.1, 0.15) is 0 Å². The van der Waals surface area contributed by atoms with Gasteiger partial charge >= 0.3 is 0 Å². The number of ketones is 1. The van der Waals surface area contributed by atoms with Crippen molar-refractivity contribution in [1.29, 1.82) is 0 Å². The predicted molar refractivity (Wildman–Crippen MR) is 79.4 cm³/mol. The van der Waals surface area contributed by atoms with E-state index in [2.05, 4.69) is 29.3 Å². The smallest absolute Gasteiger partial charge is 0.162 e. The molecule has 2 aliphatic carbocycles. The molecule has 0 radical (unpaired) electrons. The first-order valence-electron chi connectivity index (χ1n) is 7.06. The van der Waals surface area contributed by atoms with E-state index in [0.29, 0.717) is 0 Å². The number of aromatic nitrogens is 1. The Kier molecular flexibility index (Phi) is 2.40. The van der Waals surface area contributed by atoms with Crippen LogP contribution in [0, 0.1) is 5.92 Å². The van der Waals surface area contributed by atoms with Gasteiger partial charge in [-0.05, 0) is 63.7 Å². The van der Waals surface area contributed by atoms with E-state index in [1.165, 1.54) is 27.5 Å². The predicted octanol–water partition coefficient (Wildman–Crippen LogP) is 1.63. The summed E-state index contributed by atoms with van der Waals surface area (Å²) in [5, 5.41) is 2.25. The molecule has 0 saturated carbocycles. The SMILES string of the molecule is CC1C=c2cc3c(cc2=CC1=O)CCc1cnccc1-3. The van der Waals surface area contributed by atoms with Crippen molar-refractivity contribution in [3.05, 3.63) is 52.2 Å². The zero-order valence-corrected chi connectivity index (χ0v) is 11.4. The molecule has 0 spiro atoms. The fourth-order valence-electron chi connectivity index (χ4n) is 3.20. The topological polar surface area (TPSA) is 30.0 Å². The highest BCUT2D eigenvalue weighted by Crippen LogP contribution is 2.31. The Morgan fingerprint density at radius 3 is 2.85 bits per heavy atom. The Morgan fingerprint density at radius 2 is 1.95 bits per heavy atom. The quantitative estimate of drug-likeness (QED) is 0.721. The molecule has 98 valence electrons. The van der Waals surface area contributed by atoms with Crippen molar-refractivity contribution < 1.29 is 4.79 Å². The molecule has 2 heteroatoms. The molecule has 0 aliphatic heterocycles. The van der Waals surface area contributed by atoms with E-state index in [0.717, 1.165) is 18.1 Å². The summed E-state index contributed by atoms with van der Waals surface area (Å²) in [5.41, 5.74) is 5.26. The second kappa shape index (κ2) is 4.14. The van der Waals surface area contributed by atoms with E-state index in [-0.39, 0.29) is 11.7 Å². The third-order valence-corrected chi connectivity index (χ3v) is 4.34. The summed E-state index contributed by atoms with van der Waals surface area (Å²) in [5.74, 6) is 0.193. The van der Waals surface area contributed by atoms with Gasteiger partial charge in [0, 0.05) is 18.3 Å². The van der Waals surface area contributed by atoms with Gasteiger partial charge < -0.3 is 0 Å². The van der Waals surface area contributed by atoms with Gasteiger partial charge in [0.05, 0.1) is 0 Å². The maximum absolute atomic E-state index is 11.8. The number of carbonyl (C=O) groups excluding carboxylic acids is 1. The molecule has 2 aromatic rings. The lowest BCUT2D eigenvalue weighted by atomic mass is 9.84. The van der Waals surface area contributed by atoms with Crippen LogP contribution >= 0.6 is 0 Å². The Labute approximate surface area is 117 Å². The molecule has 1 heterocycles. The van der Waals surface area contributed by atoms with Crippen molar-refractivity contribution in [3.8, 4) is 11.1 Å². The van der Waals surface area contributed by atoms with E-state index in [9.17, 15) is 4.79 Å². The number of aryl methyl sites for hydroxylation is 2. The van der Waals surface area contributed by atoms with E-state index >= 15 is 0 Å². The molecule has 0 N–H and O–H groups in total. The summed E-state index contributed by atoms with van der Waals surface area (Å²) < 4.78 is 0. The van der Waals surface area contributed by atoms with Crippen LogP contribution in [0.2, 0.25) is 0 Å². The number of benzene rings is 1. The summed E-state index contributed by atoms with van der Waals surface area (Å²) in [6.45, 7) is 1.96. The Bertz CT molecular complexity index is 848. The Hall–Kier alpha value is -2.22. The number of Topliss-reactive ketones (excluding diaryl/α,β-unsaturated/α-hetero) is 1. The minimum atomic E-state index is -0.0129. The first-order chi connectivity index (χ1) is 9.72. The van der Waals surface area contributed by atoms with Crippen molar-refractivity contribution in [2.75, 3.05) is 0 Å². The number of hydrogen-bond acceptors (Lipinski definition) is 2. The van der Waals surface area contributed by atoms with Crippen LogP contribution in [0.4, 0.5) is 0 Å². The Balaban J connectivity index is 2.03. The second-order valence-electron chi connectivity index (χ2n) is 5.67. The third-order valence-electron chi connectivity index (χ3n) is 4.34. The van der Waals surface area contributed by atoms with Gasteiger partial charge in [0.25, 0.3) is 0 Å². The molecule has 1 aromatic carbocycles. The van der Waals surface area contributed by atoms with E-state index in [4.69, 9.17) is 0 Å². The van der Waals surface area contributed by atoms with Gasteiger partial charge in [-0.25, -0.2) is 0 Å². The lowest BCUT2D eigenvalue weighted by Gasteiger charge is -2.20. The highest BCUT2D eigenvalue weighted by molar-refractivity contribution is 6.10. The molecule has 0 saturated heterocycles. The van der Waals surface area contributed by atoms with Crippen molar-refractivity contribution in [2.45, 2.75) is 19.8 Å². The van der Waals surface area contributed by atoms with Crippen LogP contribution < -0.4 is 10.4 Å². The van der Waals surface area contributed by atoms with Crippen LogP contribution in [0.5, 0.6) is 0 Å². The number of hydrogen-bond donors (Lipinski definition) is 0. The molecule has 4 rings (SSSR count). The van der Waals surface area contributed by atoms with Crippen molar-refractivity contribution in [2.24, 2.45) is 5.92 Å². The van der Waals surface area contributed by atoms with Gasteiger partial charge in [-0.2, -0.15) is 0 Å². The lowest BCUT2D eigenvalue weighted by molar-refractivity contribution is -0.114. The van der Waals surface area contributed by atoms with Crippen LogP contribution in [0.3, 0.4) is 0 Å². The molecule has 1 aromatic heterocycles. The molecule has 20 heavy (non-hydrogen) atoms. The van der Waals surface area contributed by atoms with Crippen molar-refractivity contribution in [3.63, 3.8) is 0 Å². The number of fused-ring (bicyclic) bond motifs is 4. The zero-order chi connectivity index (χ0) is 13.7. The van der Waals surface area contributed by atoms with Gasteiger partial charge in [-0.3, -0.25) is 9.78 Å². The maximum Gasteiger partial charge on any atom is 0.162 e. The molecule has 0 bridgehead atoms. The summed E-state index contributed by atoms with van der Waals surface area (Å²) >= 11 is 0. The zero-order valence-electron chi connectivity index (χ0n) is 11.4. The first kappa shape index (κ1) is 11.6. The molecule has 1 unspecified atom stereocenters. The number of pyridine rings is 1. The van der Waals surface area contributed by atoms with Crippen LogP contribution in [0.1, 0.15) is 18.1 Å².